The molecule has 0 radical (unpaired) electrons. The van der Waals surface area contributed by atoms with Crippen molar-refractivity contribution in [2.45, 2.75) is 31.1 Å². The van der Waals surface area contributed by atoms with Crippen LogP contribution in [0.1, 0.15) is 24.9 Å². The van der Waals surface area contributed by atoms with Gasteiger partial charge in [0.25, 0.3) is 0 Å². The monoisotopic (exact) mass is 590 g/mol. The largest absolute Gasteiger partial charge is 0.488 e. The first kappa shape index (κ1) is 30.8. The maximum absolute atomic E-state index is 14.4. The molecule has 0 unspecified atom stereocenters. The van der Waals surface area contributed by atoms with E-state index in [1.165, 1.54) is 46.9 Å². The summed E-state index contributed by atoms with van der Waals surface area (Å²) in [5.41, 5.74) is 6.66. The molecule has 0 spiro atoms. The maximum Gasteiger partial charge on any atom is 0.408 e. The van der Waals surface area contributed by atoms with Crippen molar-refractivity contribution in [1.82, 2.24) is 24.5 Å². The normalized spacial score (nSPS) is 18.6. The Labute approximate surface area is 234 Å². The topological polar surface area (TPSA) is 90.8 Å². The molecule has 0 aliphatic carbocycles. The Hall–Kier alpha value is -2.77. The molecule has 5 rings (SSSR count). The lowest BCUT2D eigenvalue weighted by Gasteiger charge is -2.31. The average Bonchev–Trinajstić information content (AvgIpc) is 3.41. The Bertz CT molecular complexity index is 1450. The molecule has 1 fully saturated rings. The number of fused-ring (bicyclic) bond motifs is 2. The van der Waals surface area contributed by atoms with E-state index in [2.05, 4.69) is 15.2 Å². The van der Waals surface area contributed by atoms with Crippen LogP contribution in [0.25, 0.3) is 28.1 Å². The Kier molecular flexibility index (Phi) is 9.28. The molecule has 0 bridgehead atoms. The Morgan fingerprint density at radius 3 is 2.54 bits per heavy atom. The lowest BCUT2D eigenvalue weighted by atomic mass is 10.0. The lowest BCUT2D eigenvalue weighted by molar-refractivity contribution is -0.184. The van der Waals surface area contributed by atoms with Crippen LogP contribution in [0.5, 0.6) is 5.75 Å². The van der Waals surface area contributed by atoms with Crippen LogP contribution in [-0.2, 0) is 4.74 Å². The van der Waals surface area contributed by atoms with E-state index < -0.39 is 23.6 Å². The minimum Gasteiger partial charge on any atom is -0.488 e. The molecule has 212 valence electrons. The quantitative estimate of drug-likeness (QED) is 0.240. The second-order valence-corrected chi connectivity index (χ2v) is 9.55. The molecule has 2 atom stereocenters. The first-order valence-electron chi connectivity index (χ1n) is 11.7. The van der Waals surface area contributed by atoms with E-state index in [0.29, 0.717) is 35.3 Å². The molecule has 1 aliphatic heterocycles. The number of pyridine rings is 2. The Balaban J connectivity index is 0.00000210. The van der Waals surface area contributed by atoms with Crippen molar-refractivity contribution in [2.24, 2.45) is 5.73 Å². The van der Waals surface area contributed by atoms with Gasteiger partial charge in [0.15, 0.2) is 23.0 Å². The fourth-order valence-corrected chi connectivity index (χ4v) is 4.69. The van der Waals surface area contributed by atoms with Gasteiger partial charge in [-0.25, -0.2) is 9.37 Å². The van der Waals surface area contributed by atoms with Crippen molar-refractivity contribution < 1.29 is 27.0 Å². The predicted octanol–water partition coefficient (Wildman–Crippen LogP) is 4.98. The number of rotatable bonds is 7. The van der Waals surface area contributed by atoms with E-state index >= 15 is 0 Å². The van der Waals surface area contributed by atoms with E-state index in [-0.39, 0.29) is 61.6 Å². The van der Waals surface area contributed by atoms with Crippen LogP contribution >= 0.6 is 24.8 Å². The van der Waals surface area contributed by atoms with Crippen LogP contribution in [-0.4, -0.2) is 69.6 Å². The standard InChI is InChI=1S/C25H26F4N6O2.2ClH/c1-24(30)7-8-34(14-24)22(25(27,28)29)16-4-6-21-32-33-23(35(21)13-16)18-5-3-15-11-17(26)20(12-19(15)31-18)37-10-9-36-2;;/h3-6,11-13,22H,7-10,14,30H2,1-2H3;2*1H/t22-,24-;;/m0../s1. The number of alkyl halides is 3. The minimum atomic E-state index is -4.51. The number of nitrogens with zero attached hydrogens (tertiary/aromatic N) is 5. The number of ether oxygens (including phenoxy) is 2. The summed E-state index contributed by atoms with van der Waals surface area (Å²) < 4.78 is 68.9. The molecule has 0 amide bonds. The third-order valence-corrected chi connectivity index (χ3v) is 6.47. The fraction of sp³-hybridized carbons (Fsp3) is 0.400. The Morgan fingerprint density at radius 1 is 1.10 bits per heavy atom. The number of halogens is 6. The van der Waals surface area contributed by atoms with Crippen LogP contribution in [0.3, 0.4) is 0 Å². The molecule has 8 nitrogen and oxygen atoms in total. The van der Waals surface area contributed by atoms with Gasteiger partial charge in [-0.3, -0.25) is 9.30 Å². The number of hydrogen-bond donors (Lipinski definition) is 1. The van der Waals surface area contributed by atoms with Gasteiger partial charge >= 0.3 is 6.18 Å². The fourth-order valence-electron chi connectivity index (χ4n) is 4.69. The molecule has 1 aromatic carbocycles. The van der Waals surface area contributed by atoms with E-state index in [0.717, 1.165) is 0 Å². The van der Waals surface area contributed by atoms with Crippen molar-refractivity contribution in [2.75, 3.05) is 33.4 Å². The van der Waals surface area contributed by atoms with Crippen LogP contribution in [0, 0.1) is 5.82 Å². The van der Waals surface area contributed by atoms with E-state index in [1.807, 2.05) is 0 Å². The number of aromatic nitrogens is 4. The Morgan fingerprint density at radius 2 is 1.87 bits per heavy atom. The maximum atomic E-state index is 14.4. The number of likely N-dealkylation sites (tertiary alicyclic amines) is 1. The number of hydrogen-bond acceptors (Lipinski definition) is 7. The molecule has 0 saturated carbocycles. The summed E-state index contributed by atoms with van der Waals surface area (Å²) in [6.07, 6.45) is -2.64. The van der Waals surface area contributed by atoms with Gasteiger partial charge in [-0.2, -0.15) is 13.2 Å². The van der Waals surface area contributed by atoms with Gasteiger partial charge < -0.3 is 15.2 Å². The lowest BCUT2D eigenvalue weighted by Crippen LogP contribution is -2.43. The molecule has 2 N–H and O–H groups in total. The number of methoxy groups -OCH3 is 1. The summed E-state index contributed by atoms with van der Waals surface area (Å²) in [6, 6.07) is 7.15. The molecular formula is C25H28Cl2F4N6O2. The molecule has 39 heavy (non-hydrogen) atoms. The zero-order valence-electron chi connectivity index (χ0n) is 21.1. The van der Waals surface area contributed by atoms with Crippen LogP contribution in [0.4, 0.5) is 17.6 Å². The summed E-state index contributed by atoms with van der Waals surface area (Å²) in [6.45, 7) is 2.58. The molecule has 1 saturated heterocycles. The zero-order chi connectivity index (χ0) is 26.4. The average molecular weight is 591 g/mol. The van der Waals surface area contributed by atoms with Crippen molar-refractivity contribution in [3.05, 3.63) is 54.0 Å². The van der Waals surface area contributed by atoms with Crippen molar-refractivity contribution in [3.63, 3.8) is 0 Å². The zero-order valence-corrected chi connectivity index (χ0v) is 22.7. The van der Waals surface area contributed by atoms with Crippen LogP contribution in [0.15, 0.2) is 42.6 Å². The predicted molar refractivity (Wildman–Crippen MR) is 143 cm³/mol. The van der Waals surface area contributed by atoms with Gasteiger partial charge in [0.1, 0.15) is 18.3 Å². The summed E-state index contributed by atoms with van der Waals surface area (Å²) in [4.78, 5) is 5.93. The summed E-state index contributed by atoms with van der Waals surface area (Å²) in [5, 5.41) is 8.80. The highest BCUT2D eigenvalue weighted by Crippen LogP contribution is 2.41. The van der Waals surface area contributed by atoms with Crippen LogP contribution in [0.2, 0.25) is 0 Å². The smallest absolute Gasteiger partial charge is 0.408 e. The first-order valence-corrected chi connectivity index (χ1v) is 11.7. The van der Waals surface area contributed by atoms with E-state index in [1.54, 1.807) is 19.1 Å². The molecule has 4 heterocycles. The highest BCUT2D eigenvalue weighted by atomic mass is 35.5. The number of benzene rings is 1. The third-order valence-electron chi connectivity index (χ3n) is 6.47. The van der Waals surface area contributed by atoms with E-state index in [4.69, 9.17) is 15.2 Å². The molecule has 3 aromatic heterocycles. The van der Waals surface area contributed by atoms with Gasteiger partial charge in [-0.15, -0.1) is 35.0 Å². The van der Waals surface area contributed by atoms with Gasteiger partial charge in [0, 0.05) is 43.4 Å². The minimum absolute atomic E-state index is 0. The number of nitrogens with two attached hydrogens (primary N) is 1. The summed E-state index contributed by atoms with van der Waals surface area (Å²) in [5.74, 6) is -0.256. The van der Waals surface area contributed by atoms with Crippen molar-refractivity contribution in [1.29, 1.82) is 0 Å². The summed E-state index contributed by atoms with van der Waals surface area (Å²) >= 11 is 0. The molecular weight excluding hydrogens is 563 g/mol. The van der Waals surface area contributed by atoms with Crippen molar-refractivity contribution in [3.8, 4) is 17.3 Å². The molecule has 14 heteroatoms. The van der Waals surface area contributed by atoms with Crippen molar-refractivity contribution >= 4 is 41.4 Å². The second-order valence-electron chi connectivity index (χ2n) is 9.55. The van der Waals surface area contributed by atoms with Gasteiger partial charge in [-0.1, -0.05) is 12.1 Å². The molecule has 4 aromatic rings. The van der Waals surface area contributed by atoms with E-state index in [9.17, 15) is 17.6 Å². The van der Waals surface area contributed by atoms with Gasteiger partial charge in [-0.05, 0) is 37.1 Å². The first-order chi connectivity index (χ1) is 17.6. The highest BCUT2D eigenvalue weighted by molar-refractivity contribution is 5.85. The van der Waals surface area contributed by atoms with Gasteiger partial charge in [0.2, 0.25) is 0 Å². The third kappa shape index (κ3) is 6.36. The summed E-state index contributed by atoms with van der Waals surface area (Å²) in [7, 11) is 1.51. The molecule has 1 aliphatic rings. The highest BCUT2D eigenvalue weighted by Gasteiger charge is 2.48. The SMILES string of the molecule is COCCOc1cc2nc(-c3nnc4ccc([C@H](N5CC[C@](C)(N)C5)C(F)(F)F)cn34)ccc2cc1F.Cl.Cl. The van der Waals surface area contributed by atoms with Gasteiger partial charge in [0.05, 0.1) is 12.1 Å². The second kappa shape index (κ2) is 11.8. The van der Waals surface area contributed by atoms with Crippen LogP contribution < -0.4 is 10.5 Å².